The van der Waals surface area contributed by atoms with Crippen LogP contribution in [0.3, 0.4) is 0 Å². The topological polar surface area (TPSA) is 55.8 Å². The van der Waals surface area contributed by atoms with E-state index in [0.717, 1.165) is 35.5 Å². The minimum atomic E-state index is -0.296. The highest BCUT2D eigenvalue weighted by molar-refractivity contribution is 5.78. The van der Waals surface area contributed by atoms with Crippen molar-refractivity contribution >= 4 is 5.97 Å². The number of hydrogen-bond donors (Lipinski definition) is 1. The summed E-state index contributed by atoms with van der Waals surface area (Å²) in [5.41, 5.74) is 3.21. The standard InChI is InChI=1S/C24H22O4/c1-2-3-16-4-9-19(10-5-16)27-20-11-6-17(7-12-20)22-15-24(26)28-23-14-18(25)8-13-21(22)23/h4-14,22,25H,2-3,15H2,1H3. The molecule has 28 heavy (non-hydrogen) atoms. The Morgan fingerprint density at radius 2 is 1.68 bits per heavy atom. The smallest absolute Gasteiger partial charge is 0.312 e. The number of aryl methyl sites for hydroxylation is 1. The first-order valence-corrected chi connectivity index (χ1v) is 9.52. The summed E-state index contributed by atoms with van der Waals surface area (Å²) in [6, 6.07) is 20.8. The van der Waals surface area contributed by atoms with E-state index in [1.807, 2.05) is 42.5 Å². The molecule has 1 N–H and O–H groups in total. The van der Waals surface area contributed by atoms with Crippen molar-refractivity contribution in [2.45, 2.75) is 32.1 Å². The molecule has 4 rings (SSSR count). The Hall–Kier alpha value is -3.27. The van der Waals surface area contributed by atoms with Gasteiger partial charge in [-0.1, -0.05) is 43.7 Å². The zero-order valence-corrected chi connectivity index (χ0v) is 15.7. The molecular weight excluding hydrogens is 352 g/mol. The average molecular weight is 374 g/mol. The molecule has 3 aromatic carbocycles. The van der Waals surface area contributed by atoms with E-state index in [-0.39, 0.29) is 24.1 Å². The quantitative estimate of drug-likeness (QED) is 0.468. The highest BCUT2D eigenvalue weighted by atomic mass is 16.5. The molecule has 1 aliphatic rings. The predicted molar refractivity (Wildman–Crippen MR) is 107 cm³/mol. The van der Waals surface area contributed by atoms with Crippen LogP contribution in [0.5, 0.6) is 23.0 Å². The van der Waals surface area contributed by atoms with Crippen LogP contribution >= 0.6 is 0 Å². The number of rotatable bonds is 5. The molecule has 0 radical (unpaired) electrons. The number of carbonyl (C=O) groups is 1. The third kappa shape index (κ3) is 3.86. The fourth-order valence-corrected chi connectivity index (χ4v) is 3.55. The monoisotopic (exact) mass is 374 g/mol. The second kappa shape index (κ2) is 7.77. The molecule has 0 saturated carbocycles. The molecule has 0 aliphatic carbocycles. The normalized spacial score (nSPS) is 15.6. The lowest BCUT2D eigenvalue weighted by molar-refractivity contribution is -0.135. The largest absolute Gasteiger partial charge is 0.508 e. The number of aromatic hydroxyl groups is 1. The van der Waals surface area contributed by atoms with Crippen LogP contribution in [0, 0.1) is 0 Å². The Labute approximate surface area is 164 Å². The maximum atomic E-state index is 12.0. The second-order valence-electron chi connectivity index (χ2n) is 7.02. The van der Waals surface area contributed by atoms with E-state index in [0.29, 0.717) is 5.75 Å². The van der Waals surface area contributed by atoms with E-state index in [4.69, 9.17) is 9.47 Å². The molecule has 3 aromatic rings. The van der Waals surface area contributed by atoms with Gasteiger partial charge in [0.1, 0.15) is 23.0 Å². The Balaban J connectivity index is 1.53. The summed E-state index contributed by atoms with van der Waals surface area (Å²) in [6.07, 6.45) is 2.47. The van der Waals surface area contributed by atoms with Gasteiger partial charge in [0.05, 0.1) is 6.42 Å². The Kier molecular flexibility index (Phi) is 5.02. The van der Waals surface area contributed by atoms with E-state index < -0.39 is 0 Å². The maximum Gasteiger partial charge on any atom is 0.312 e. The van der Waals surface area contributed by atoms with Crippen molar-refractivity contribution in [3.05, 3.63) is 83.4 Å². The molecule has 4 heteroatoms. The molecule has 1 atom stereocenters. The molecule has 1 aliphatic heterocycles. The van der Waals surface area contributed by atoms with Gasteiger partial charge in [-0.15, -0.1) is 0 Å². The van der Waals surface area contributed by atoms with Crippen LogP contribution in [-0.4, -0.2) is 11.1 Å². The average Bonchev–Trinajstić information content (AvgIpc) is 2.69. The van der Waals surface area contributed by atoms with Crippen LogP contribution in [0.2, 0.25) is 0 Å². The molecule has 4 nitrogen and oxygen atoms in total. The SMILES string of the molecule is CCCc1ccc(Oc2ccc(C3CC(=O)Oc4cc(O)ccc43)cc2)cc1. The Bertz CT molecular complexity index is 974. The molecule has 1 unspecified atom stereocenters. The summed E-state index contributed by atoms with van der Waals surface area (Å²) in [5.74, 6) is 1.66. The zero-order valence-electron chi connectivity index (χ0n) is 15.7. The van der Waals surface area contributed by atoms with Crippen LogP contribution in [0.15, 0.2) is 66.7 Å². The molecular formula is C24H22O4. The number of phenols is 1. The summed E-state index contributed by atoms with van der Waals surface area (Å²) in [7, 11) is 0. The third-order valence-electron chi connectivity index (χ3n) is 4.95. The van der Waals surface area contributed by atoms with Crippen molar-refractivity contribution in [2.75, 3.05) is 0 Å². The molecule has 0 bridgehead atoms. The maximum absolute atomic E-state index is 12.0. The third-order valence-corrected chi connectivity index (χ3v) is 4.95. The van der Waals surface area contributed by atoms with Crippen molar-refractivity contribution in [1.29, 1.82) is 0 Å². The highest BCUT2D eigenvalue weighted by Crippen LogP contribution is 2.40. The van der Waals surface area contributed by atoms with Gasteiger partial charge in [0.25, 0.3) is 0 Å². The van der Waals surface area contributed by atoms with Gasteiger partial charge in [-0.05, 0) is 47.9 Å². The lowest BCUT2D eigenvalue weighted by Crippen LogP contribution is -2.20. The number of benzene rings is 3. The summed E-state index contributed by atoms with van der Waals surface area (Å²) in [5, 5.41) is 9.65. The number of hydrogen-bond acceptors (Lipinski definition) is 4. The van der Waals surface area contributed by atoms with Crippen molar-refractivity contribution in [2.24, 2.45) is 0 Å². The fraction of sp³-hybridized carbons (Fsp3) is 0.208. The molecule has 142 valence electrons. The molecule has 0 aromatic heterocycles. The predicted octanol–water partition coefficient (Wildman–Crippen LogP) is 5.58. The lowest BCUT2D eigenvalue weighted by Gasteiger charge is -2.25. The molecule has 0 amide bonds. The van der Waals surface area contributed by atoms with Gasteiger partial charge in [0.2, 0.25) is 0 Å². The Morgan fingerprint density at radius 3 is 2.36 bits per heavy atom. The van der Waals surface area contributed by atoms with Gasteiger partial charge in [0, 0.05) is 17.5 Å². The minimum absolute atomic E-state index is 0.0842. The Morgan fingerprint density at radius 1 is 1.00 bits per heavy atom. The van der Waals surface area contributed by atoms with Crippen molar-refractivity contribution < 1.29 is 19.4 Å². The zero-order chi connectivity index (χ0) is 19.5. The van der Waals surface area contributed by atoms with Crippen LogP contribution in [0.1, 0.15) is 42.4 Å². The van der Waals surface area contributed by atoms with Crippen molar-refractivity contribution in [1.82, 2.24) is 0 Å². The lowest BCUT2D eigenvalue weighted by atomic mass is 9.86. The van der Waals surface area contributed by atoms with Crippen molar-refractivity contribution in [3.63, 3.8) is 0 Å². The van der Waals surface area contributed by atoms with Crippen LogP contribution in [0.25, 0.3) is 0 Å². The van der Waals surface area contributed by atoms with Gasteiger partial charge in [0.15, 0.2) is 0 Å². The van der Waals surface area contributed by atoms with E-state index in [2.05, 4.69) is 19.1 Å². The van der Waals surface area contributed by atoms with Crippen LogP contribution in [0.4, 0.5) is 0 Å². The van der Waals surface area contributed by atoms with Gasteiger partial charge < -0.3 is 14.6 Å². The number of fused-ring (bicyclic) bond motifs is 1. The first kappa shape index (κ1) is 18.1. The summed E-state index contributed by atoms with van der Waals surface area (Å²) >= 11 is 0. The molecule has 1 heterocycles. The highest BCUT2D eigenvalue weighted by Gasteiger charge is 2.28. The summed E-state index contributed by atoms with van der Waals surface area (Å²) in [4.78, 5) is 12.0. The summed E-state index contributed by atoms with van der Waals surface area (Å²) < 4.78 is 11.2. The number of phenolic OH excluding ortho intramolecular Hbond substituents is 1. The molecule has 0 saturated heterocycles. The number of ether oxygens (including phenoxy) is 2. The fourth-order valence-electron chi connectivity index (χ4n) is 3.55. The molecule has 0 fully saturated rings. The van der Waals surface area contributed by atoms with Crippen molar-refractivity contribution in [3.8, 4) is 23.0 Å². The van der Waals surface area contributed by atoms with Gasteiger partial charge in [-0.3, -0.25) is 4.79 Å². The van der Waals surface area contributed by atoms with E-state index >= 15 is 0 Å². The van der Waals surface area contributed by atoms with E-state index in [1.165, 1.54) is 11.6 Å². The summed E-state index contributed by atoms with van der Waals surface area (Å²) in [6.45, 7) is 2.17. The number of esters is 1. The first-order chi connectivity index (χ1) is 13.6. The first-order valence-electron chi connectivity index (χ1n) is 9.52. The van der Waals surface area contributed by atoms with Gasteiger partial charge in [-0.2, -0.15) is 0 Å². The van der Waals surface area contributed by atoms with E-state index in [1.54, 1.807) is 6.07 Å². The van der Waals surface area contributed by atoms with Gasteiger partial charge in [-0.25, -0.2) is 0 Å². The number of carbonyl (C=O) groups excluding carboxylic acids is 1. The van der Waals surface area contributed by atoms with E-state index in [9.17, 15) is 9.90 Å². The minimum Gasteiger partial charge on any atom is -0.508 e. The van der Waals surface area contributed by atoms with Crippen LogP contribution < -0.4 is 9.47 Å². The second-order valence-corrected chi connectivity index (χ2v) is 7.02. The van der Waals surface area contributed by atoms with Crippen LogP contribution in [-0.2, 0) is 11.2 Å². The van der Waals surface area contributed by atoms with Gasteiger partial charge >= 0.3 is 5.97 Å². The molecule has 0 spiro atoms.